The van der Waals surface area contributed by atoms with E-state index in [2.05, 4.69) is 42.7 Å². The summed E-state index contributed by atoms with van der Waals surface area (Å²) in [5.74, 6) is 1.46. The Kier molecular flexibility index (Phi) is 8.93. The molecule has 2 saturated carbocycles. The number of nitrogens with two attached hydrogens (primary N) is 1. The monoisotopic (exact) mass is 538 g/mol. The smallest absolute Gasteiger partial charge is 0.315 e. The van der Waals surface area contributed by atoms with Crippen LogP contribution in [0.2, 0.25) is 0 Å². The largest absolute Gasteiger partial charge is 0.338 e. The highest BCUT2D eigenvalue weighted by molar-refractivity contribution is 7.91. The second-order valence-corrected chi connectivity index (χ2v) is 13.3. The van der Waals surface area contributed by atoms with Crippen LogP contribution in [-0.4, -0.2) is 28.7 Å². The predicted molar refractivity (Wildman–Crippen MR) is 152 cm³/mol. The van der Waals surface area contributed by atoms with Gasteiger partial charge in [-0.2, -0.15) is 0 Å². The zero-order valence-corrected chi connectivity index (χ0v) is 23.9. The van der Waals surface area contributed by atoms with Gasteiger partial charge in [0.05, 0.1) is 11.3 Å². The molecule has 0 saturated heterocycles. The van der Waals surface area contributed by atoms with Gasteiger partial charge in [-0.15, -0.1) is 4.36 Å². The quantitative estimate of drug-likeness (QED) is 0.395. The summed E-state index contributed by atoms with van der Waals surface area (Å²) in [6, 6.07) is 13.3. The van der Waals surface area contributed by atoms with Crippen LogP contribution in [-0.2, 0) is 27.6 Å². The van der Waals surface area contributed by atoms with Crippen molar-refractivity contribution in [3.63, 3.8) is 0 Å². The molecular formula is C30H42N4O3S. The third-order valence-corrected chi connectivity index (χ3v) is 9.50. The number of benzene rings is 2. The van der Waals surface area contributed by atoms with E-state index in [0.29, 0.717) is 29.8 Å². The molecule has 2 aromatic carbocycles. The molecule has 0 radical (unpaired) electrons. The zero-order chi connectivity index (χ0) is 27.4. The summed E-state index contributed by atoms with van der Waals surface area (Å²) in [5, 5.41) is 12.1. The number of nitrogens with zero attached hydrogens (tertiary/aromatic N) is 1. The van der Waals surface area contributed by atoms with Crippen LogP contribution in [0.1, 0.15) is 87.5 Å². The molecule has 8 heteroatoms. The second-order valence-electron chi connectivity index (χ2n) is 11.5. The lowest BCUT2D eigenvalue weighted by molar-refractivity contribution is -0.117. The van der Waals surface area contributed by atoms with Gasteiger partial charge in [-0.3, -0.25) is 4.79 Å². The van der Waals surface area contributed by atoms with Gasteiger partial charge in [-0.05, 0) is 83.7 Å². The number of rotatable bonds is 9. The van der Waals surface area contributed by atoms with Crippen molar-refractivity contribution in [2.75, 3.05) is 6.54 Å². The topological polar surface area (TPSA) is 114 Å². The molecule has 4 N–H and O–H groups in total. The molecule has 3 amide bonds. The van der Waals surface area contributed by atoms with Crippen molar-refractivity contribution < 1.29 is 13.8 Å². The summed E-state index contributed by atoms with van der Waals surface area (Å²) >= 11 is 0. The summed E-state index contributed by atoms with van der Waals surface area (Å²) in [7, 11) is -3.37. The molecule has 2 aliphatic carbocycles. The first kappa shape index (κ1) is 28.3. The minimum absolute atomic E-state index is 0.0735. The molecule has 206 valence electrons. The number of urea groups is 1. The number of carbonyl (C=O) groups is 2. The fourth-order valence-corrected chi connectivity index (χ4v) is 7.11. The molecule has 2 aliphatic rings. The third-order valence-electron chi connectivity index (χ3n) is 8.07. The van der Waals surface area contributed by atoms with E-state index in [-0.39, 0.29) is 24.3 Å². The Morgan fingerprint density at radius 2 is 1.66 bits per heavy atom. The first-order valence-electron chi connectivity index (χ1n) is 13.9. The lowest BCUT2D eigenvalue weighted by Crippen LogP contribution is -2.44. The standard InChI is InChI=1S/C30H42N4O3S/c1-19(2)25-6-5-7-26(20(3)4)27(25)18-29(35)34-38(31,37)24-12-9-21(10-13-24)14-15-32-30(36)33-28-17-22-8-11-23(28)16-22/h5-7,9-10,12-13,19-20,22-23,28H,8,11,14-18H2,1-4H3,(H2,32,33,36)(H2,31,34,35,37). The Morgan fingerprint density at radius 3 is 2.21 bits per heavy atom. The third kappa shape index (κ3) is 6.83. The Bertz CT molecular complexity index is 1250. The lowest BCUT2D eigenvalue weighted by atomic mass is 9.87. The van der Waals surface area contributed by atoms with Crippen molar-refractivity contribution in [2.45, 2.75) is 89.0 Å². The van der Waals surface area contributed by atoms with Crippen LogP contribution in [0.4, 0.5) is 4.79 Å². The summed E-state index contributed by atoms with van der Waals surface area (Å²) < 4.78 is 17.1. The first-order valence-corrected chi connectivity index (χ1v) is 15.4. The van der Waals surface area contributed by atoms with E-state index in [1.165, 1.54) is 19.3 Å². The van der Waals surface area contributed by atoms with Gasteiger partial charge in [0.15, 0.2) is 0 Å². The maximum Gasteiger partial charge on any atom is 0.315 e. The Balaban J connectivity index is 1.34. The van der Waals surface area contributed by atoms with E-state index in [1.54, 1.807) is 12.1 Å². The van der Waals surface area contributed by atoms with Gasteiger partial charge in [0.1, 0.15) is 9.92 Å². The van der Waals surface area contributed by atoms with Crippen molar-refractivity contribution in [1.29, 1.82) is 0 Å². The normalized spacial score (nSPS) is 21.9. The van der Waals surface area contributed by atoms with Crippen LogP contribution in [0.5, 0.6) is 0 Å². The number of nitrogens with one attached hydrogen (secondary N) is 2. The van der Waals surface area contributed by atoms with Crippen molar-refractivity contribution in [1.82, 2.24) is 10.6 Å². The Hall–Kier alpha value is -2.71. The second kappa shape index (κ2) is 12.0. The van der Waals surface area contributed by atoms with Gasteiger partial charge < -0.3 is 10.6 Å². The average Bonchev–Trinajstić information content (AvgIpc) is 3.47. The van der Waals surface area contributed by atoms with Crippen LogP contribution in [0, 0.1) is 11.8 Å². The highest BCUT2D eigenvalue weighted by Crippen LogP contribution is 2.44. The lowest BCUT2D eigenvalue weighted by Gasteiger charge is -2.23. The van der Waals surface area contributed by atoms with Gasteiger partial charge in [-0.1, -0.05) is 64.4 Å². The van der Waals surface area contributed by atoms with Crippen molar-refractivity contribution in [2.24, 2.45) is 21.3 Å². The van der Waals surface area contributed by atoms with Crippen molar-refractivity contribution >= 4 is 21.9 Å². The molecule has 0 spiro atoms. The molecule has 0 aliphatic heterocycles. The van der Waals surface area contributed by atoms with Crippen LogP contribution in [0.15, 0.2) is 51.7 Å². The van der Waals surface area contributed by atoms with Gasteiger partial charge >= 0.3 is 6.03 Å². The molecule has 2 fully saturated rings. The molecule has 4 unspecified atom stereocenters. The molecule has 2 aromatic rings. The van der Waals surface area contributed by atoms with Crippen LogP contribution < -0.4 is 15.8 Å². The number of fused-ring (bicyclic) bond motifs is 2. The van der Waals surface area contributed by atoms with E-state index >= 15 is 0 Å². The Labute approximate surface area is 227 Å². The maximum absolute atomic E-state index is 13.2. The van der Waals surface area contributed by atoms with Gasteiger partial charge in [-0.25, -0.2) is 14.1 Å². The minimum Gasteiger partial charge on any atom is -0.338 e. The molecule has 4 rings (SSSR count). The number of amides is 3. The molecule has 2 bridgehead atoms. The number of hydrogen-bond acceptors (Lipinski definition) is 3. The highest BCUT2D eigenvalue weighted by atomic mass is 32.2. The van der Waals surface area contributed by atoms with Gasteiger partial charge in [0.25, 0.3) is 5.91 Å². The average molecular weight is 539 g/mol. The molecule has 4 atom stereocenters. The molecular weight excluding hydrogens is 496 g/mol. The molecule has 0 aromatic heterocycles. The maximum atomic E-state index is 13.2. The Morgan fingerprint density at radius 1 is 1.00 bits per heavy atom. The van der Waals surface area contributed by atoms with Crippen LogP contribution in [0.3, 0.4) is 0 Å². The first-order chi connectivity index (χ1) is 18.0. The molecule has 38 heavy (non-hydrogen) atoms. The number of carbonyl (C=O) groups excluding carboxylic acids is 2. The van der Waals surface area contributed by atoms with E-state index in [9.17, 15) is 13.8 Å². The highest BCUT2D eigenvalue weighted by Gasteiger charge is 2.40. The fourth-order valence-electron chi connectivity index (χ4n) is 6.11. The number of hydrogen-bond donors (Lipinski definition) is 3. The van der Waals surface area contributed by atoms with Crippen LogP contribution >= 0.6 is 0 Å². The van der Waals surface area contributed by atoms with Crippen molar-refractivity contribution in [3.8, 4) is 0 Å². The summed E-state index contributed by atoms with van der Waals surface area (Å²) in [6.45, 7) is 8.89. The van der Waals surface area contributed by atoms with Gasteiger partial charge in [0, 0.05) is 12.6 Å². The summed E-state index contributed by atoms with van der Waals surface area (Å²) in [5.41, 5.74) is 4.13. The summed E-state index contributed by atoms with van der Waals surface area (Å²) in [6.07, 6.45) is 5.61. The zero-order valence-electron chi connectivity index (χ0n) is 23.0. The van der Waals surface area contributed by atoms with E-state index < -0.39 is 15.8 Å². The van der Waals surface area contributed by atoms with E-state index in [4.69, 9.17) is 5.14 Å². The van der Waals surface area contributed by atoms with Gasteiger partial charge in [0.2, 0.25) is 0 Å². The fraction of sp³-hybridized carbons (Fsp3) is 0.533. The van der Waals surface area contributed by atoms with Crippen molar-refractivity contribution in [3.05, 3.63) is 64.7 Å². The van der Waals surface area contributed by atoms with Crippen LogP contribution in [0.25, 0.3) is 0 Å². The molecule has 7 nitrogen and oxygen atoms in total. The summed E-state index contributed by atoms with van der Waals surface area (Å²) in [4.78, 5) is 25.5. The predicted octanol–water partition coefficient (Wildman–Crippen LogP) is 5.43. The molecule has 0 heterocycles. The van der Waals surface area contributed by atoms with E-state index in [0.717, 1.165) is 34.6 Å². The van der Waals surface area contributed by atoms with E-state index in [1.807, 2.05) is 30.3 Å². The minimum atomic E-state index is -3.37. The SMILES string of the molecule is CC(C)c1cccc(C(C)C)c1CC(=O)N=S(N)(=O)c1ccc(CCNC(=O)NC2CC3CCC2C3)cc1.